The number of hydrogen-bond donors (Lipinski definition) is 0. The highest BCUT2D eigenvalue weighted by Crippen LogP contribution is 2.23. The summed E-state index contributed by atoms with van der Waals surface area (Å²) in [6.07, 6.45) is 4.43. The van der Waals surface area contributed by atoms with Crippen molar-refractivity contribution in [2.24, 2.45) is 0 Å². The molecule has 4 rings (SSSR count). The van der Waals surface area contributed by atoms with Crippen molar-refractivity contribution in [2.45, 2.75) is 19.8 Å². The lowest BCUT2D eigenvalue weighted by Crippen LogP contribution is -2.16. The Balaban J connectivity index is 1.45. The van der Waals surface area contributed by atoms with E-state index in [0.29, 0.717) is 22.1 Å². The number of carbonyl (C=O) groups excluding carboxylic acids is 1. The number of thiophene rings is 1. The van der Waals surface area contributed by atoms with Crippen LogP contribution in [0.4, 0.5) is 0 Å². The first-order chi connectivity index (χ1) is 14.0. The van der Waals surface area contributed by atoms with Gasteiger partial charge in [-0.2, -0.15) is 0 Å². The van der Waals surface area contributed by atoms with E-state index in [-0.39, 0.29) is 11.3 Å². The normalized spacial score (nSPS) is 11.0. The second-order valence-corrected chi connectivity index (χ2v) is 8.33. The molecule has 0 saturated heterocycles. The molecule has 0 saturated carbocycles. The summed E-state index contributed by atoms with van der Waals surface area (Å²) < 4.78 is 3.85. The zero-order valence-electron chi connectivity index (χ0n) is 15.6. The highest BCUT2D eigenvalue weighted by Gasteiger charge is 2.11. The number of aromatic nitrogens is 4. The molecule has 4 aromatic rings. The monoisotopic (exact) mass is 424 g/mol. The van der Waals surface area contributed by atoms with Gasteiger partial charge in [-0.05, 0) is 55.0 Å². The van der Waals surface area contributed by atoms with E-state index in [4.69, 9.17) is 11.6 Å². The fourth-order valence-electron chi connectivity index (χ4n) is 2.93. The lowest BCUT2D eigenvalue weighted by Gasteiger charge is -2.07. The van der Waals surface area contributed by atoms with Crippen molar-refractivity contribution < 1.29 is 4.79 Å². The summed E-state index contributed by atoms with van der Waals surface area (Å²) in [7, 11) is 0. The van der Waals surface area contributed by atoms with E-state index in [1.807, 2.05) is 43.5 Å². The number of benzene rings is 1. The standard InChI is InChI=1S/C21H17ClN4O2S/c1-14-10-11-25(21(28)12-14)16-3-5-17(6-4-16)26-13-15(23-24-26)2-7-18(27)19-8-9-20(22)29-19/h3-6,8-13H,2,7H2,1H3. The Morgan fingerprint density at radius 3 is 2.55 bits per heavy atom. The molecule has 0 amide bonds. The molecule has 6 nitrogen and oxygen atoms in total. The topological polar surface area (TPSA) is 69.8 Å². The molecule has 0 N–H and O–H groups in total. The Morgan fingerprint density at radius 2 is 1.86 bits per heavy atom. The van der Waals surface area contributed by atoms with Gasteiger partial charge in [0.1, 0.15) is 0 Å². The van der Waals surface area contributed by atoms with Gasteiger partial charge in [0.05, 0.1) is 26.8 Å². The zero-order valence-corrected chi connectivity index (χ0v) is 17.2. The summed E-state index contributed by atoms with van der Waals surface area (Å²) in [4.78, 5) is 25.0. The highest BCUT2D eigenvalue weighted by atomic mass is 35.5. The first-order valence-electron chi connectivity index (χ1n) is 8.99. The van der Waals surface area contributed by atoms with Gasteiger partial charge in [0, 0.05) is 30.8 Å². The molecule has 0 aliphatic carbocycles. The fourth-order valence-corrected chi connectivity index (χ4v) is 3.94. The van der Waals surface area contributed by atoms with Gasteiger partial charge < -0.3 is 0 Å². The third-order valence-corrected chi connectivity index (χ3v) is 5.74. The molecule has 3 aromatic heterocycles. The minimum absolute atomic E-state index is 0.0457. The van der Waals surface area contributed by atoms with Crippen LogP contribution in [0.15, 0.2) is 65.7 Å². The van der Waals surface area contributed by atoms with Crippen LogP contribution in [0.3, 0.4) is 0 Å². The van der Waals surface area contributed by atoms with Crippen LogP contribution in [0.5, 0.6) is 0 Å². The van der Waals surface area contributed by atoms with Crippen molar-refractivity contribution in [1.29, 1.82) is 0 Å². The fraction of sp³-hybridized carbons (Fsp3) is 0.143. The van der Waals surface area contributed by atoms with Crippen LogP contribution < -0.4 is 5.56 Å². The molecule has 0 aliphatic heterocycles. The summed E-state index contributed by atoms with van der Waals surface area (Å²) in [5.41, 5.74) is 3.19. The molecule has 1 aromatic carbocycles. The van der Waals surface area contributed by atoms with Crippen LogP contribution in [0.25, 0.3) is 11.4 Å². The number of hydrogen-bond acceptors (Lipinski definition) is 5. The Morgan fingerprint density at radius 1 is 1.10 bits per heavy atom. The lowest BCUT2D eigenvalue weighted by atomic mass is 10.1. The summed E-state index contributed by atoms with van der Waals surface area (Å²) >= 11 is 7.16. The lowest BCUT2D eigenvalue weighted by molar-refractivity contribution is 0.0986. The molecule has 8 heteroatoms. The van der Waals surface area contributed by atoms with Crippen LogP contribution >= 0.6 is 22.9 Å². The van der Waals surface area contributed by atoms with Gasteiger partial charge in [0.25, 0.3) is 5.56 Å². The van der Waals surface area contributed by atoms with E-state index in [1.165, 1.54) is 11.3 Å². The van der Waals surface area contributed by atoms with Crippen molar-refractivity contribution in [3.63, 3.8) is 0 Å². The number of ketones is 1. The van der Waals surface area contributed by atoms with Gasteiger partial charge in [-0.3, -0.25) is 14.2 Å². The first kappa shape index (κ1) is 19.3. The number of Topliss-reactive ketones (excluding diaryl/α,β-unsaturated/α-hetero) is 1. The van der Waals surface area contributed by atoms with Gasteiger partial charge in [0.2, 0.25) is 0 Å². The van der Waals surface area contributed by atoms with Crippen LogP contribution in [0.2, 0.25) is 4.34 Å². The highest BCUT2D eigenvalue weighted by molar-refractivity contribution is 7.18. The van der Waals surface area contributed by atoms with Crippen molar-refractivity contribution in [3.8, 4) is 11.4 Å². The van der Waals surface area contributed by atoms with Crippen molar-refractivity contribution >= 4 is 28.7 Å². The minimum Gasteiger partial charge on any atom is -0.293 e. The predicted molar refractivity (Wildman–Crippen MR) is 114 cm³/mol. The average molecular weight is 425 g/mol. The number of carbonyl (C=O) groups is 1. The van der Waals surface area contributed by atoms with E-state index in [9.17, 15) is 9.59 Å². The van der Waals surface area contributed by atoms with Crippen LogP contribution in [-0.4, -0.2) is 25.3 Å². The van der Waals surface area contributed by atoms with Gasteiger partial charge in [0.15, 0.2) is 5.78 Å². The third kappa shape index (κ3) is 4.36. The maximum absolute atomic E-state index is 12.2. The first-order valence-corrected chi connectivity index (χ1v) is 10.2. The summed E-state index contributed by atoms with van der Waals surface area (Å²) in [5.74, 6) is 0.0457. The molecular formula is C21H17ClN4O2S. The minimum atomic E-state index is -0.0718. The zero-order chi connectivity index (χ0) is 20.4. The van der Waals surface area contributed by atoms with Gasteiger partial charge in [-0.15, -0.1) is 16.4 Å². The van der Waals surface area contributed by atoms with Crippen molar-refractivity contribution in [2.75, 3.05) is 0 Å². The molecule has 0 atom stereocenters. The second-order valence-electron chi connectivity index (χ2n) is 6.61. The van der Waals surface area contributed by atoms with E-state index in [1.54, 1.807) is 33.6 Å². The average Bonchev–Trinajstić information content (AvgIpc) is 3.36. The molecule has 0 radical (unpaired) electrons. The molecule has 0 spiro atoms. The maximum atomic E-state index is 12.2. The van der Waals surface area contributed by atoms with Gasteiger partial charge >= 0.3 is 0 Å². The quantitative estimate of drug-likeness (QED) is 0.434. The summed E-state index contributed by atoms with van der Waals surface area (Å²) in [6, 6.07) is 14.4. The molecule has 0 unspecified atom stereocenters. The SMILES string of the molecule is Cc1ccn(-c2ccc(-n3cc(CCC(=O)c4ccc(Cl)s4)nn3)cc2)c(=O)c1. The van der Waals surface area contributed by atoms with Crippen molar-refractivity contribution in [1.82, 2.24) is 19.6 Å². The van der Waals surface area contributed by atoms with Crippen LogP contribution in [0, 0.1) is 6.92 Å². The maximum Gasteiger partial charge on any atom is 0.255 e. The van der Waals surface area contributed by atoms with E-state index >= 15 is 0 Å². The Bertz CT molecular complexity index is 1220. The summed E-state index contributed by atoms with van der Waals surface area (Å²) in [6.45, 7) is 1.89. The van der Waals surface area contributed by atoms with E-state index in [2.05, 4.69) is 10.3 Å². The smallest absolute Gasteiger partial charge is 0.255 e. The molecular weight excluding hydrogens is 408 g/mol. The third-order valence-electron chi connectivity index (χ3n) is 4.46. The second kappa shape index (κ2) is 8.14. The van der Waals surface area contributed by atoms with Gasteiger partial charge in [-0.25, -0.2) is 4.68 Å². The van der Waals surface area contributed by atoms with Crippen LogP contribution in [0.1, 0.15) is 27.3 Å². The largest absolute Gasteiger partial charge is 0.293 e. The number of rotatable bonds is 6. The molecule has 0 aliphatic rings. The summed E-state index contributed by atoms with van der Waals surface area (Å²) in [5, 5.41) is 8.29. The Kier molecular flexibility index (Phi) is 5.42. The number of aryl methyl sites for hydroxylation is 2. The predicted octanol–water partition coefficient (Wildman–Crippen LogP) is 4.26. The number of nitrogens with zero attached hydrogens (tertiary/aromatic N) is 4. The van der Waals surface area contributed by atoms with E-state index in [0.717, 1.165) is 22.6 Å². The molecule has 0 fully saturated rings. The Hall–Kier alpha value is -3.03. The van der Waals surface area contributed by atoms with E-state index < -0.39 is 0 Å². The number of pyridine rings is 1. The molecule has 0 bridgehead atoms. The number of halogens is 1. The molecule has 3 heterocycles. The van der Waals surface area contributed by atoms with Crippen LogP contribution in [-0.2, 0) is 6.42 Å². The van der Waals surface area contributed by atoms with Gasteiger partial charge in [-0.1, -0.05) is 16.8 Å². The molecule has 29 heavy (non-hydrogen) atoms. The van der Waals surface area contributed by atoms with Crippen molar-refractivity contribution in [3.05, 3.63) is 91.7 Å². The molecule has 146 valence electrons. The Labute approximate surface area is 176 Å².